The topological polar surface area (TPSA) is 51.5 Å². The number of allylic oxidation sites excluding steroid dienone is 5. The Morgan fingerprint density at radius 1 is 1.15 bits per heavy atom. The van der Waals surface area contributed by atoms with Gasteiger partial charge in [-0.1, -0.05) is 56.7 Å². The quantitative estimate of drug-likeness (QED) is 0.525. The molecule has 5 nitrogen and oxygen atoms in total. The SMILES string of the molecule is CCCC(CC)c1c2n(c3cc(C(=O)OC)ccc13)C/C(C(=O)N(C)C)=C\C/C=C\C=C/C2. The number of carbonyl (C=O) groups is 2. The first-order valence-electron chi connectivity index (χ1n) is 11.9. The number of hydrogen-bond donors (Lipinski definition) is 0. The lowest BCUT2D eigenvalue weighted by atomic mass is 9.89. The number of carbonyl (C=O) groups excluding carboxylic acids is 2. The number of methoxy groups -OCH3 is 1. The van der Waals surface area contributed by atoms with Crippen molar-refractivity contribution < 1.29 is 14.3 Å². The van der Waals surface area contributed by atoms with E-state index >= 15 is 0 Å². The zero-order chi connectivity index (χ0) is 24.0. The molecule has 5 heteroatoms. The zero-order valence-electron chi connectivity index (χ0n) is 20.6. The number of amides is 1. The Hall–Kier alpha value is -3.08. The van der Waals surface area contributed by atoms with E-state index in [1.54, 1.807) is 19.0 Å². The lowest BCUT2D eigenvalue weighted by Crippen LogP contribution is -2.26. The van der Waals surface area contributed by atoms with E-state index in [1.807, 2.05) is 24.3 Å². The largest absolute Gasteiger partial charge is 0.465 e. The third kappa shape index (κ3) is 5.29. The van der Waals surface area contributed by atoms with Gasteiger partial charge in [-0.3, -0.25) is 4.79 Å². The van der Waals surface area contributed by atoms with Crippen molar-refractivity contribution in [1.82, 2.24) is 9.47 Å². The Kier molecular flexibility index (Phi) is 8.32. The van der Waals surface area contributed by atoms with Gasteiger partial charge in [-0.05, 0) is 42.9 Å². The lowest BCUT2D eigenvalue weighted by Gasteiger charge is -2.19. The first-order chi connectivity index (χ1) is 15.9. The summed E-state index contributed by atoms with van der Waals surface area (Å²) < 4.78 is 7.24. The number of fused-ring (bicyclic) bond motifs is 3. The van der Waals surface area contributed by atoms with Crippen LogP contribution in [0.1, 0.15) is 67.1 Å². The molecule has 1 amide bonds. The summed E-state index contributed by atoms with van der Waals surface area (Å²) in [5.74, 6) is 0.0777. The Bertz CT molecular complexity index is 1100. The number of rotatable bonds is 6. The zero-order valence-corrected chi connectivity index (χ0v) is 20.6. The van der Waals surface area contributed by atoms with Crippen molar-refractivity contribution in [2.75, 3.05) is 21.2 Å². The first-order valence-corrected chi connectivity index (χ1v) is 11.9. The predicted molar refractivity (Wildman–Crippen MR) is 135 cm³/mol. The van der Waals surface area contributed by atoms with Crippen molar-refractivity contribution >= 4 is 22.8 Å². The maximum atomic E-state index is 13.0. The fraction of sp³-hybridized carbons (Fsp3) is 0.429. The number of ether oxygens (including phenoxy) is 1. The summed E-state index contributed by atoms with van der Waals surface area (Å²) in [5, 5.41) is 1.16. The van der Waals surface area contributed by atoms with Crippen LogP contribution in [0.5, 0.6) is 0 Å². The fourth-order valence-electron chi connectivity index (χ4n) is 4.73. The second kappa shape index (κ2) is 11.2. The van der Waals surface area contributed by atoms with Gasteiger partial charge < -0.3 is 14.2 Å². The molecule has 2 heterocycles. The van der Waals surface area contributed by atoms with Gasteiger partial charge in [0.25, 0.3) is 5.91 Å². The van der Waals surface area contributed by atoms with Crippen LogP contribution in [-0.2, 0) is 22.5 Å². The molecule has 0 aliphatic carbocycles. The van der Waals surface area contributed by atoms with Gasteiger partial charge in [0.15, 0.2) is 0 Å². The number of likely N-dealkylation sites (N-methyl/N-ethyl adjacent to an activating group) is 1. The second-order valence-corrected chi connectivity index (χ2v) is 8.79. The van der Waals surface area contributed by atoms with Crippen LogP contribution in [0.2, 0.25) is 0 Å². The highest BCUT2D eigenvalue weighted by Crippen LogP contribution is 2.38. The van der Waals surface area contributed by atoms with E-state index in [4.69, 9.17) is 4.74 Å². The molecule has 1 aliphatic rings. The molecule has 0 saturated heterocycles. The summed E-state index contributed by atoms with van der Waals surface area (Å²) in [6.07, 6.45) is 15.1. The summed E-state index contributed by atoms with van der Waals surface area (Å²) in [6.45, 7) is 4.93. The second-order valence-electron chi connectivity index (χ2n) is 8.79. The van der Waals surface area contributed by atoms with E-state index in [0.717, 1.165) is 42.2 Å². The molecule has 1 unspecified atom stereocenters. The standard InChI is InChI=1S/C28H36N2O3/c1-6-13-20(7-2)26-23-17-16-21(28(32)33-5)18-25(23)30-19-22(27(31)29(3)4)14-11-9-8-10-12-15-24(26)30/h8-10,12,14,16-18,20H,6-7,11,13,15,19H2,1-5H3/b9-8-,12-10-,22-14+. The summed E-state index contributed by atoms with van der Waals surface area (Å²) in [5.41, 5.74) is 4.82. The van der Waals surface area contributed by atoms with E-state index in [1.165, 1.54) is 18.4 Å². The molecule has 0 fully saturated rings. The van der Waals surface area contributed by atoms with Crippen LogP contribution >= 0.6 is 0 Å². The van der Waals surface area contributed by atoms with E-state index in [0.29, 0.717) is 24.4 Å². The number of nitrogens with zero attached hydrogens (tertiary/aromatic N) is 2. The highest BCUT2D eigenvalue weighted by molar-refractivity contribution is 5.97. The van der Waals surface area contributed by atoms with Crippen LogP contribution in [0.15, 0.2) is 54.2 Å². The highest BCUT2D eigenvalue weighted by atomic mass is 16.5. The normalized spacial score (nSPS) is 18.4. The number of benzene rings is 1. The van der Waals surface area contributed by atoms with Crippen LogP contribution in [0.25, 0.3) is 10.9 Å². The molecule has 33 heavy (non-hydrogen) atoms. The van der Waals surface area contributed by atoms with Crippen molar-refractivity contribution in [1.29, 1.82) is 0 Å². The minimum Gasteiger partial charge on any atom is -0.465 e. The molecule has 0 saturated carbocycles. The molecular formula is C28H36N2O3. The molecule has 0 bridgehead atoms. The molecule has 176 valence electrons. The summed E-state index contributed by atoms with van der Waals surface area (Å²) >= 11 is 0. The van der Waals surface area contributed by atoms with Crippen LogP contribution in [-0.4, -0.2) is 42.5 Å². The van der Waals surface area contributed by atoms with Crippen LogP contribution in [0, 0.1) is 0 Å². The van der Waals surface area contributed by atoms with Crippen LogP contribution in [0.3, 0.4) is 0 Å². The van der Waals surface area contributed by atoms with Gasteiger partial charge >= 0.3 is 5.97 Å². The van der Waals surface area contributed by atoms with Crippen molar-refractivity contribution in [2.45, 2.75) is 58.4 Å². The van der Waals surface area contributed by atoms with Gasteiger partial charge in [0, 0.05) is 42.7 Å². The number of esters is 1. The molecular weight excluding hydrogens is 412 g/mol. The van der Waals surface area contributed by atoms with Gasteiger partial charge in [0.1, 0.15) is 0 Å². The van der Waals surface area contributed by atoms with Crippen molar-refractivity contribution in [3.63, 3.8) is 0 Å². The summed E-state index contributed by atoms with van der Waals surface area (Å²) in [6, 6.07) is 5.84. The smallest absolute Gasteiger partial charge is 0.337 e. The lowest BCUT2D eigenvalue weighted by molar-refractivity contribution is -0.124. The summed E-state index contributed by atoms with van der Waals surface area (Å²) in [7, 11) is 4.98. The summed E-state index contributed by atoms with van der Waals surface area (Å²) in [4.78, 5) is 27.0. The molecule has 1 atom stereocenters. The average molecular weight is 449 g/mol. The van der Waals surface area contributed by atoms with Gasteiger partial charge in [0.05, 0.1) is 19.2 Å². The van der Waals surface area contributed by atoms with Gasteiger partial charge in [-0.25, -0.2) is 4.79 Å². The Morgan fingerprint density at radius 2 is 1.91 bits per heavy atom. The molecule has 1 aliphatic heterocycles. The molecule has 0 radical (unpaired) electrons. The Labute approximate surface area is 197 Å². The van der Waals surface area contributed by atoms with Gasteiger partial charge in [0.2, 0.25) is 0 Å². The molecule has 0 N–H and O–H groups in total. The van der Waals surface area contributed by atoms with Crippen LogP contribution < -0.4 is 0 Å². The number of aromatic nitrogens is 1. The third-order valence-electron chi connectivity index (χ3n) is 6.38. The van der Waals surface area contributed by atoms with Crippen LogP contribution in [0.4, 0.5) is 0 Å². The fourth-order valence-corrected chi connectivity index (χ4v) is 4.73. The molecule has 2 aromatic rings. The molecule has 1 aromatic carbocycles. The van der Waals surface area contributed by atoms with Gasteiger partial charge in [-0.15, -0.1) is 0 Å². The van der Waals surface area contributed by atoms with E-state index in [2.05, 4.69) is 42.7 Å². The molecule has 1 aromatic heterocycles. The van der Waals surface area contributed by atoms with E-state index in [9.17, 15) is 9.59 Å². The third-order valence-corrected chi connectivity index (χ3v) is 6.38. The first kappa shape index (κ1) is 24.6. The Balaban J connectivity index is 2.33. The van der Waals surface area contributed by atoms with Crippen molar-refractivity contribution in [2.24, 2.45) is 0 Å². The predicted octanol–water partition coefficient (Wildman–Crippen LogP) is 5.79. The monoisotopic (exact) mass is 448 g/mol. The maximum Gasteiger partial charge on any atom is 0.337 e. The Morgan fingerprint density at radius 3 is 2.58 bits per heavy atom. The minimum absolute atomic E-state index is 0.00896. The highest BCUT2D eigenvalue weighted by Gasteiger charge is 2.25. The van der Waals surface area contributed by atoms with Crippen molar-refractivity contribution in [3.05, 3.63) is 71.0 Å². The average Bonchev–Trinajstić information content (AvgIpc) is 3.09. The van der Waals surface area contributed by atoms with Crippen molar-refractivity contribution in [3.8, 4) is 0 Å². The van der Waals surface area contributed by atoms with E-state index in [-0.39, 0.29) is 11.9 Å². The molecule has 0 spiro atoms. The minimum atomic E-state index is -0.351. The molecule has 3 rings (SSSR count). The number of hydrogen-bond acceptors (Lipinski definition) is 3. The van der Waals surface area contributed by atoms with Gasteiger partial charge in [-0.2, -0.15) is 0 Å². The maximum absolute atomic E-state index is 13.0. The van der Waals surface area contributed by atoms with E-state index < -0.39 is 0 Å².